The molecule has 0 heterocycles. The summed E-state index contributed by atoms with van der Waals surface area (Å²) in [7, 11) is 0. The van der Waals surface area contributed by atoms with E-state index in [0.29, 0.717) is 12.3 Å². The summed E-state index contributed by atoms with van der Waals surface area (Å²) in [6, 6.07) is 0. The van der Waals surface area contributed by atoms with Crippen LogP contribution >= 0.6 is 0 Å². The molecule has 0 aliphatic rings. The van der Waals surface area contributed by atoms with E-state index in [1.807, 2.05) is 0 Å². The summed E-state index contributed by atoms with van der Waals surface area (Å²) >= 11 is 0. The first kappa shape index (κ1) is 24.9. The summed E-state index contributed by atoms with van der Waals surface area (Å²) < 4.78 is 4.29. The van der Waals surface area contributed by atoms with Gasteiger partial charge >= 0.3 is 12.4 Å². The van der Waals surface area contributed by atoms with Crippen LogP contribution in [0.15, 0.2) is 12.2 Å². The molecule has 0 radical (unpaired) electrons. The Balaban J connectivity index is 3.99. The van der Waals surface area contributed by atoms with Crippen LogP contribution in [0.1, 0.15) is 92.9 Å². The second-order valence-corrected chi connectivity index (χ2v) is 9.15. The summed E-state index contributed by atoms with van der Waals surface area (Å²) in [5.74, 6) is 3.32. The van der Waals surface area contributed by atoms with Crippen molar-refractivity contribution in [2.45, 2.75) is 92.9 Å². The molecular weight excluding hydrogens is 324 g/mol. The average Bonchev–Trinajstić information content (AvgIpc) is 2.45. The fraction of sp³-hybridized carbons (Fsp3) is 0.826. The predicted octanol–water partition coefficient (Wildman–Crippen LogP) is 6.56. The van der Waals surface area contributed by atoms with E-state index < -0.39 is 5.97 Å². The molecule has 4 unspecified atom stereocenters. The smallest absolute Gasteiger partial charge is 0.313 e. The van der Waals surface area contributed by atoms with Crippen molar-refractivity contribution in [3.63, 3.8) is 0 Å². The van der Waals surface area contributed by atoms with E-state index in [0.717, 1.165) is 36.5 Å². The highest BCUT2D eigenvalue weighted by Gasteiger charge is 2.16. The number of carbonyl (C=O) groups is 2. The fourth-order valence-corrected chi connectivity index (χ4v) is 4.43. The van der Waals surface area contributed by atoms with Crippen LogP contribution in [0.3, 0.4) is 0 Å². The van der Waals surface area contributed by atoms with Gasteiger partial charge in [-0.25, -0.2) is 0 Å². The second-order valence-electron chi connectivity index (χ2n) is 9.15. The number of ether oxygens (including phenoxy) is 1. The maximum atomic E-state index is 11.1. The topological polar surface area (TPSA) is 43.4 Å². The van der Waals surface area contributed by atoms with Gasteiger partial charge in [0.15, 0.2) is 0 Å². The van der Waals surface area contributed by atoms with Gasteiger partial charge in [0.2, 0.25) is 0 Å². The van der Waals surface area contributed by atoms with Crippen LogP contribution in [-0.4, -0.2) is 12.4 Å². The zero-order chi connectivity index (χ0) is 20.1. The van der Waals surface area contributed by atoms with E-state index in [9.17, 15) is 9.59 Å². The van der Waals surface area contributed by atoms with Crippen molar-refractivity contribution in [3.05, 3.63) is 12.2 Å². The Hall–Kier alpha value is -1.12. The first-order valence-corrected chi connectivity index (χ1v) is 10.4. The zero-order valence-electron chi connectivity index (χ0n) is 18.1. The van der Waals surface area contributed by atoms with Gasteiger partial charge in [0, 0.05) is 6.42 Å². The SMILES string of the molecule is C=C(CCCC(=O)OC=O)CC(C)CC(C)CC(C)CC(C)CC(C)C. The molecule has 0 spiro atoms. The molecule has 0 aliphatic carbocycles. The lowest BCUT2D eigenvalue weighted by molar-refractivity contribution is -0.151. The maximum Gasteiger partial charge on any atom is 0.313 e. The van der Waals surface area contributed by atoms with Gasteiger partial charge in [-0.2, -0.15) is 0 Å². The van der Waals surface area contributed by atoms with Crippen LogP contribution in [-0.2, 0) is 14.3 Å². The molecule has 4 atom stereocenters. The molecule has 0 bridgehead atoms. The van der Waals surface area contributed by atoms with Gasteiger partial charge < -0.3 is 4.74 Å². The molecule has 3 heteroatoms. The highest BCUT2D eigenvalue weighted by atomic mass is 16.6. The fourth-order valence-electron chi connectivity index (χ4n) is 4.43. The lowest BCUT2D eigenvalue weighted by atomic mass is 9.82. The van der Waals surface area contributed by atoms with E-state index in [2.05, 4.69) is 52.9 Å². The lowest BCUT2D eigenvalue weighted by Crippen LogP contribution is -2.12. The van der Waals surface area contributed by atoms with Gasteiger partial charge in [-0.05, 0) is 74.5 Å². The number of allylic oxidation sites excluding steroid dienone is 1. The van der Waals surface area contributed by atoms with Crippen molar-refractivity contribution in [2.75, 3.05) is 0 Å². The number of carbonyl (C=O) groups excluding carboxylic acids is 2. The van der Waals surface area contributed by atoms with Crippen LogP contribution in [0, 0.1) is 29.6 Å². The van der Waals surface area contributed by atoms with Gasteiger partial charge in [-0.3, -0.25) is 9.59 Å². The van der Waals surface area contributed by atoms with E-state index >= 15 is 0 Å². The zero-order valence-corrected chi connectivity index (χ0v) is 18.1. The largest absolute Gasteiger partial charge is 0.395 e. The lowest BCUT2D eigenvalue weighted by Gasteiger charge is -2.24. The summed E-state index contributed by atoms with van der Waals surface area (Å²) in [6.45, 7) is 18.4. The highest BCUT2D eigenvalue weighted by molar-refractivity contribution is 5.76. The molecule has 0 aliphatic heterocycles. The molecule has 0 aromatic rings. The van der Waals surface area contributed by atoms with Crippen LogP contribution in [0.4, 0.5) is 0 Å². The first-order valence-electron chi connectivity index (χ1n) is 10.4. The Bertz CT molecular complexity index is 414. The molecule has 0 N–H and O–H groups in total. The van der Waals surface area contributed by atoms with Crippen molar-refractivity contribution in [1.82, 2.24) is 0 Å². The Morgan fingerprint density at radius 1 is 0.846 bits per heavy atom. The third-order valence-corrected chi connectivity index (χ3v) is 5.02. The molecule has 0 amide bonds. The van der Waals surface area contributed by atoms with E-state index in [4.69, 9.17) is 0 Å². The predicted molar refractivity (Wildman–Crippen MR) is 110 cm³/mol. The standard InChI is InChI=1S/C23H42O3/c1-17(2)11-19(4)13-21(6)15-22(7)14-20(5)12-18(3)9-8-10-23(25)26-16-24/h16-17,19-22H,3,8-15H2,1-2,4-7H3. The number of hydrogen-bond acceptors (Lipinski definition) is 3. The second kappa shape index (κ2) is 14.0. The van der Waals surface area contributed by atoms with E-state index in [1.165, 1.54) is 31.3 Å². The van der Waals surface area contributed by atoms with E-state index in [-0.39, 0.29) is 12.9 Å². The molecule has 0 saturated heterocycles. The number of esters is 1. The van der Waals surface area contributed by atoms with Crippen molar-refractivity contribution in [3.8, 4) is 0 Å². The third-order valence-electron chi connectivity index (χ3n) is 5.02. The summed E-state index contributed by atoms with van der Waals surface area (Å²) in [5.41, 5.74) is 1.20. The van der Waals surface area contributed by atoms with Crippen LogP contribution < -0.4 is 0 Å². The van der Waals surface area contributed by atoms with Crippen molar-refractivity contribution >= 4 is 12.4 Å². The minimum atomic E-state index is -0.449. The van der Waals surface area contributed by atoms with Crippen molar-refractivity contribution in [2.24, 2.45) is 29.6 Å². The van der Waals surface area contributed by atoms with Gasteiger partial charge in [-0.1, -0.05) is 53.7 Å². The Morgan fingerprint density at radius 3 is 1.85 bits per heavy atom. The van der Waals surface area contributed by atoms with E-state index in [1.54, 1.807) is 0 Å². The molecular formula is C23H42O3. The average molecular weight is 367 g/mol. The summed E-state index contributed by atoms with van der Waals surface area (Å²) in [5, 5.41) is 0. The molecule has 152 valence electrons. The molecule has 0 rings (SSSR count). The Kier molecular flexibility index (Phi) is 13.4. The number of hydrogen-bond donors (Lipinski definition) is 0. The molecule has 0 aromatic carbocycles. The molecule has 0 aromatic heterocycles. The van der Waals surface area contributed by atoms with Crippen LogP contribution in [0.25, 0.3) is 0 Å². The minimum absolute atomic E-state index is 0.200. The van der Waals surface area contributed by atoms with Crippen molar-refractivity contribution < 1.29 is 14.3 Å². The van der Waals surface area contributed by atoms with Gasteiger partial charge in [0.1, 0.15) is 0 Å². The Labute approximate surface area is 162 Å². The summed E-state index contributed by atoms with van der Waals surface area (Å²) in [6.07, 6.45) is 8.04. The van der Waals surface area contributed by atoms with Crippen molar-refractivity contribution in [1.29, 1.82) is 0 Å². The normalized spacial score (nSPS) is 16.0. The van der Waals surface area contributed by atoms with Gasteiger partial charge in [0.25, 0.3) is 0 Å². The van der Waals surface area contributed by atoms with Gasteiger partial charge in [-0.15, -0.1) is 0 Å². The maximum absolute atomic E-state index is 11.1. The molecule has 0 saturated carbocycles. The third kappa shape index (κ3) is 14.1. The first-order chi connectivity index (χ1) is 12.1. The molecule has 0 fully saturated rings. The van der Waals surface area contributed by atoms with Gasteiger partial charge in [0.05, 0.1) is 0 Å². The number of rotatable bonds is 15. The van der Waals surface area contributed by atoms with Crippen LogP contribution in [0.5, 0.6) is 0 Å². The minimum Gasteiger partial charge on any atom is -0.395 e. The monoisotopic (exact) mass is 366 g/mol. The Morgan fingerprint density at radius 2 is 1.35 bits per heavy atom. The highest BCUT2D eigenvalue weighted by Crippen LogP contribution is 2.28. The quantitative estimate of drug-likeness (QED) is 0.143. The summed E-state index contributed by atoms with van der Waals surface area (Å²) in [4.78, 5) is 21.2. The molecule has 26 heavy (non-hydrogen) atoms. The molecule has 3 nitrogen and oxygen atoms in total. The van der Waals surface area contributed by atoms with Crippen LogP contribution in [0.2, 0.25) is 0 Å².